The van der Waals surface area contributed by atoms with Crippen molar-refractivity contribution in [3.05, 3.63) is 0 Å². The molecule has 0 saturated carbocycles. The Kier molecular flexibility index (Phi) is 41.0. The van der Waals surface area contributed by atoms with Crippen molar-refractivity contribution in [2.45, 2.75) is 208 Å². The van der Waals surface area contributed by atoms with E-state index in [1.165, 1.54) is 96.3 Å². The van der Waals surface area contributed by atoms with Crippen molar-refractivity contribution < 1.29 is 45.0 Å². The Balaban J connectivity index is -0.000000251. The van der Waals surface area contributed by atoms with Gasteiger partial charge < -0.3 is 30.6 Å². The predicted molar refractivity (Wildman–Crippen MR) is 184 cm³/mol. The number of aliphatic carboxylic acids is 3. The van der Waals surface area contributed by atoms with Crippen LogP contribution in [0.3, 0.4) is 0 Å². The Hall–Kier alpha value is -1.71. The molecular weight excluding hydrogens is 576 g/mol. The molecule has 0 aromatic heterocycles. The van der Waals surface area contributed by atoms with Crippen LogP contribution in [0.1, 0.15) is 202 Å². The summed E-state index contributed by atoms with van der Waals surface area (Å²) in [6.45, 7) is 12.0. The largest absolute Gasteiger partial charge is 0.481 e. The molecule has 0 aliphatic rings. The molecule has 9 heteroatoms. The first kappa shape index (κ1) is 50.2. The zero-order valence-corrected chi connectivity index (χ0v) is 30.1. The van der Waals surface area contributed by atoms with Crippen LogP contribution in [0.2, 0.25) is 0 Å². The minimum atomic E-state index is -2.52. The fourth-order valence-electron chi connectivity index (χ4n) is 4.41. The van der Waals surface area contributed by atoms with E-state index in [4.69, 9.17) is 30.6 Å². The molecule has 0 amide bonds. The van der Waals surface area contributed by atoms with Crippen molar-refractivity contribution >= 4 is 17.9 Å². The van der Waals surface area contributed by atoms with Crippen molar-refractivity contribution in [2.75, 3.05) is 0 Å². The highest BCUT2D eigenvalue weighted by Crippen LogP contribution is 2.23. The lowest BCUT2D eigenvalue weighted by Crippen LogP contribution is -2.32. The molecule has 0 spiro atoms. The van der Waals surface area contributed by atoms with E-state index in [1.807, 2.05) is 20.8 Å². The van der Waals surface area contributed by atoms with Crippen molar-refractivity contribution in [3.63, 3.8) is 0 Å². The second kappa shape index (κ2) is 36.8. The number of carbonyl (C=O) groups is 3. The van der Waals surface area contributed by atoms with Crippen molar-refractivity contribution in [2.24, 2.45) is 5.41 Å². The first-order valence-electron chi connectivity index (χ1n) is 17.8. The Morgan fingerprint density at radius 1 is 0.400 bits per heavy atom. The summed E-state index contributed by atoms with van der Waals surface area (Å²) in [6.07, 6.45) is 25.9. The smallest absolute Gasteiger partial charge is 0.303 e. The number of aliphatic hydroxyl groups is 3. The predicted octanol–water partition coefficient (Wildman–Crippen LogP) is 9.69. The van der Waals surface area contributed by atoms with Gasteiger partial charge in [-0.2, -0.15) is 0 Å². The molecule has 0 rings (SSSR count). The van der Waals surface area contributed by atoms with Crippen LogP contribution >= 0.6 is 0 Å². The first-order chi connectivity index (χ1) is 21.0. The highest BCUT2D eigenvalue weighted by atomic mass is 16.7. The molecule has 272 valence electrons. The fraction of sp³-hybridized carbons (Fsp3) is 0.917. The molecule has 9 nitrogen and oxygen atoms in total. The maximum Gasteiger partial charge on any atom is 0.303 e. The minimum absolute atomic E-state index is 0.0417. The standard InChI is InChI=1S/3C10H20O2.C6H14O3/c3*1-2-3-4-5-6-7-8-9-10(11)12;1-5(2,3)4-6(7,8)9/h3*2-9H2,1H3,(H,11,12);7-9H,4H2,1-3H3. The zero-order chi connectivity index (χ0) is 35.4. The summed E-state index contributed by atoms with van der Waals surface area (Å²) in [5.41, 5.74) is -0.266. The van der Waals surface area contributed by atoms with Crippen LogP contribution in [0.5, 0.6) is 0 Å². The third kappa shape index (κ3) is 70.1. The monoisotopic (exact) mass is 651 g/mol. The molecule has 0 aliphatic heterocycles. The topological polar surface area (TPSA) is 173 Å². The molecule has 0 bridgehead atoms. The van der Waals surface area contributed by atoms with Crippen LogP contribution in [0.25, 0.3) is 0 Å². The van der Waals surface area contributed by atoms with Gasteiger partial charge in [-0.3, -0.25) is 14.4 Å². The average Bonchev–Trinajstić information content (AvgIpc) is 2.90. The third-order valence-corrected chi connectivity index (χ3v) is 6.75. The van der Waals surface area contributed by atoms with E-state index >= 15 is 0 Å². The summed E-state index contributed by atoms with van der Waals surface area (Å²) in [4.78, 5) is 30.4. The van der Waals surface area contributed by atoms with Gasteiger partial charge in [-0.05, 0) is 24.7 Å². The Bertz CT molecular complexity index is 559. The molecule has 0 radical (unpaired) electrons. The summed E-state index contributed by atoms with van der Waals surface area (Å²) in [6, 6.07) is 0. The van der Waals surface area contributed by atoms with Gasteiger partial charge in [-0.1, -0.05) is 157 Å². The van der Waals surface area contributed by atoms with E-state index in [1.54, 1.807) is 0 Å². The maximum atomic E-state index is 10.1. The molecule has 0 saturated heterocycles. The van der Waals surface area contributed by atoms with E-state index in [-0.39, 0.29) is 11.8 Å². The molecule has 0 aromatic rings. The summed E-state index contributed by atoms with van der Waals surface area (Å²) in [5.74, 6) is -4.51. The van der Waals surface area contributed by atoms with Gasteiger partial charge in [-0.25, -0.2) is 0 Å². The van der Waals surface area contributed by atoms with E-state index in [2.05, 4.69) is 20.8 Å². The molecule has 0 atom stereocenters. The number of rotatable bonds is 25. The summed E-state index contributed by atoms with van der Waals surface area (Å²) in [5, 5.41) is 50.5. The van der Waals surface area contributed by atoms with Crippen LogP contribution in [0.4, 0.5) is 0 Å². The maximum absolute atomic E-state index is 10.1. The lowest BCUT2D eigenvalue weighted by molar-refractivity contribution is -0.324. The van der Waals surface area contributed by atoms with Gasteiger partial charge in [0.2, 0.25) is 0 Å². The molecule has 0 heterocycles. The lowest BCUT2D eigenvalue weighted by Gasteiger charge is -2.24. The molecule has 0 aliphatic carbocycles. The Labute approximate surface area is 276 Å². The molecule has 0 fully saturated rings. The zero-order valence-electron chi connectivity index (χ0n) is 30.1. The van der Waals surface area contributed by atoms with E-state index < -0.39 is 23.9 Å². The van der Waals surface area contributed by atoms with E-state index in [0.29, 0.717) is 19.3 Å². The van der Waals surface area contributed by atoms with Crippen LogP contribution in [-0.2, 0) is 14.4 Å². The lowest BCUT2D eigenvalue weighted by atomic mass is 9.91. The number of hydrogen-bond donors (Lipinski definition) is 6. The SMILES string of the molecule is CC(C)(C)CC(O)(O)O.CCCCCCCCCC(=O)O.CCCCCCCCCC(=O)O.CCCCCCCCCC(=O)O. The van der Waals surface area contributed by atoms with Gasteiger partial charge in [0.1, 0.15) is 0 Å². The molecule has 0 unspecified atom stereocenters. The van der Waals surface area contributed by atoms with Gasteiger partial charge >= 0.3 is 17.9 Å². The van der Waals surface area contributed by atoms with E-state index in [9.17, 15) is 14.4 Å². The number of carboxylic acid groups (broad SMARTS) is 3. The Morgan fingerprint density at radius 2 is 0.600 bits per heavy atom. The summed E-state index contributed by atoms with van der Waals surface area (Å²) >= 11 is 0. The number of unbranched alkanes of at least 4 members (excludes halogenated alkanes) is 18. The van der Waals surface area contributed by atoms with E-state index in [0.717, 1.165) is 38.5 Å². The van der Waals surface area contributed by atoms with Crippen LogP contribution in [0.15, 0.2) is 0 Å². The minimum Gasteiger partial charge on any atom is -0.481 e. The molecular formula is C36H74O9. The molecule has 6 N–H and O–H groups in total. The van der Waals surface area contributed by atoms with Gasteiger partial charge in [0.05, 0.1) is 0 Å². The van der Waals surface area contributed by atoms with Gasteiger partial charge in [0.25, 0.3) is 5.97 Å². The Morgan fingerprint density at radius 3 is 0.733 bits per heavy atom. The van der Waals surface area contributed by atoms with Gasteiger partial charge in [0.15, 0.2) is 0 Å². The highest BCUT2D eigenvalue weighted by molar-refractivity contribution is 5.67. The van der Waals surface area contributed by atoms with Gasteiger partial charge in [-0.15, -0.1) is 0 Å². The fourth-order valence-corrected chi connectivity index (χ4v) is 4.41. The molecule has 0 aromatic carbocycles. The number of carboxylic acids is 3. The highest BCUT2D eigenvalue weighted by Gasteiger charge is 2.26. The van der Waals surface area contributed by atoms with Gasteiger partial charge in [0, 0.05) is 25.7 Å². The summed E-state index contributed by atoms with van der Waals surface area (Å²) in [7, 11) is 0. The van der Waals surface area contributed by atoms with Crippen LogP contribution in [0, 0.1) is 5.41 Å². The number of hydrogen-bond acceptors (Lipinski definition) is 6. The quantitative estimate of drug-likeness (QED) is 0.0415. The average molecular weight is 651 g/mol. The molecule has 45 heavy (non-hydrogen) atoms. The third-order valence-electron chi connectivity index (χ3n) is 6.75. The van der Waals surface area contributed by atoms with Crippen LogP contribution < -0.4 is 0 Å². The van der Waals surface area contributed by atoms with Crippen molar-refractivity contribution in [1.82, 2.24) is 0 Å². The second-order valence-electron chi connectivity index (χ2n) is 13.3. The normalized spacial score (nSPS) is 10.9. The second-order valence-corrected chi connectivity index (χ2v) is 13.3. The van der Waals surface area contributed by atoms with Crippen LogP contribution in [-0.4, -0.2) is 54.5 Å². The van der Waals surface area contributed by atoms with Crippen molar-refractivity contribution in [1.29, 1.82) is 0 Å². The summed E-state index contributed by atoms with van der Waals surface area (Å²) < 4.78 is 0. The van der Waals surface area contributed by atoms with Crippen molar-refractivity contribution in [3.8, 4) is 0 Å². The first-order valence-corrected chi connectivity index (χ1v) is 17.8.